The molecular formula is C17H19ClN6O3. The summed E-state index contributed by atoms with van der Waals surface area (Å²) in [7, 11) is 3.12. The third kappa shape index (κ3) is 7.07. The third-order valence-electron chi connectivity index (χ3n) is 3.30. The summed E-state index contributed by atoms with van der Waals surface area (Å²) < 4.78 is 5.26. The molecule has 2 N–H and O–H groups in total. The molecule has 9 nitrogen and oxygen atoms in total. The number of hydrogen-bond acceptors (Lipinski definition) is 6. The van der Waals surface area contributed by atoms with Gasteiger partial charge in [-0.1, -0.05) is 11.6 Å². The smallest absolute Gasteiger partial charge is 0.325 e. The van der Waals surface area contributed by atoms with E-state index in [1.165, 1.54) is 12.4 Å². The van der Waals surface area contributed by atoms with Crippen molar-refractivity contribution in [3.05, 3.63) is 46.5 Å². The normalized spacial score (nSPS) is 10.8. The lowest BCUT2D eigenvalue weighted by Gasteiger charge is -2.33. The Balaban J connectivity index is 1.98. The van der Waals surface area contributed by atoms with Crippen molar-refractivity contribution in [2.24, 2.45) is 0 Å². The fourth-order valence-electron chi connectivity index (χ4n) is 2.07. The van der Waals surface area contributed by atoms with Gasteiger partial charge in [-0.3, -0.25) is 5.32 Å². The molecule has 0 saturated carbocycles. The number of urea groups is 1. The van der Waals surface area contributed by atoms with Gasteiger partial charge in [0.1, 0.15) is 11.8 Å². The van der Waals surface area contributed by atoms with E-state index < -0.39 is 10.7 Å². The van der Waals surface area contributed by atoms with Crippen LogP contribution in [0, 0.1) is 16.5 Å². The second kappa shape index (κ2) is 9.14. The highest BCUT2D eigenvalue weighted by molar-refractivity contribution is 6.31. The monoisotopic (exact) mass is 390 g/mol. The number of carbonyl (C=O) groups is 1. The largest absolute Gasteiger partial charge is 0.633 e. The number of hydrogen-bond donors (Lipinski definition) is 2. The maximum Gasteiger partial charge on any atom is 0.325 e. The minimum Gasteiger partial charge on any atom is -0.633 e. The molecule has 142 valence electrons. The number of aromatic nitrogens is 2. The van der Waals surface area contributed by atoms with Gasteiger partial charge in [-0.05, 0) is 18.2 Å². The Morgan fingerprint density at radius 1 is 1.33 bits per heavy atom. The Bertz CT molecular complexity index is 830. The number of ether oxygens (including phenoxy) is 1. The highest BCUT2D eigenvalue weighted by Crippen LogP contribution is 2.28. The van der Waals surface area contributed by atoms with Crippen LogP contribution in [0.15, 0.2) is 30.6 Å². The Kier molecular flexibility index (Phi) is 6.90. The molecule has 0 fully saturated rings. The second-order valence-corrected chi connectivity index (χ2v) is 6.55. The number of amides is 2. The van der Waals surface area contributed by atoms with Crippen LogP contribution in [0.3, 0.4) is 0 Å². The lowest BCUT2D eigenvalue weighted by molar-refractivity contribution is -0.840. The minimum atomic E-state index is -0.571. The summed E-state index contributed by atoms with van der Waals surface area (Å²) in [4.78, 5) is 19.9. The molecule has 0 unspecified atom stereocenters. The number of rotatable bonds is 7. The van der Waals surface area contributed by atoms with Gasteiger partial charge in [0.05, 0.1) is 45.3 Å². The minimum absolute atomic E-state index is 0.145. The molecule has 2 amide bonds. The molecule has 1 aromatic heterocycles. The molecule has 0 atom stereocenters. The van der Waals surface area contributed by atoms with E-state index in [-0.39, 0.29) is 11.5 Å². The molecule has 1 heterocycles. The van der Waals surface area contributed by atoms with Crippen molar-refractivity contribution in [2.75, 3.05) is 37.9 Å². The van der Waals surface area contributed by atoms with Crippen LogP contribution >= 0.6 is 11.6 Å². The van der Waals surface area contributed by atoms with Gasteiger partial charge >= 0.3 is 6.03 Å². The topological polar surface area (TPSA) is 123 Å². The van der Waals surface area contributed by atoms with E-state index in [1.807, 2.05) is 6.07 Å². The third-order valence-corrected chi connectivity index (χ3v) is 3.53. The van der Waals surface area contributed by atoms with Crippen LogP contribution in [0.1, 0.15) is 12.1 Å². The highest BCUT2D eigenvalue weighted by atomic mass is 35.5. The summed E-state index contributed by atoms with van der Waals surface area (Å²) >= 11 is 5.99. The number of halogens is 1. The van der Waals surface area contributed by atoms with Crippen molar-refractivity contribution in [3.8, 4) is 11.8 Å². The summed E-state index contributed by atoms with van der Waals surface area (Å²) in [6.45, 7) is 0.733. The fraction of sp³-hybridized carbons (Fsp3) is 0.294. The number of nitrogens with zero attached hydrogens (tertiary/aromatic N) is 4. The molecule has 0 aliphatic carbocycles. The quantitative estimate of drug-likeness (QED) is 0.425. The molecule has 0 aliphatic heterocycles. The number of carbonyl (C=O) groups excluding carboxylic acids is 1. The fourth-order valence-corrected chi connectivity index (χ4v) is 2.25. The zero-order chi connectivity index (χ0) is 19.9. The van der Waals surface area contributed by atoms with Crippen LogP contribution in [0.5, 0.6) is 5.75 Å². The lowest BCUT2D eigenvalue weighted by Crippen LogP contribution is -2.33. The summed E-state index contributed by atoms with van der Waals surface area (Å²) in [5.41, 5.74) is 0.517. The van der Waals surface area contributed by atoms with Gasteiger partial charge in [-0.15, -0.1) is 0 Å². The van der Waals surface area contributed by atoms with E-state index in [1.54, 1.807) is 32.3 Å². The number of benzene rings is 1. The van der Waals surface area contributed by atoms with Gasteiger partial charge in [-0.25, -0.2) is 14.8 Å². The Morgan fingerprint density at radius 2 is 2.11 bits per heavy atom. The summed E-state index contributed by atoms with van der Waals surface area (Å²) in [5, 5.41) is 25.8. The summed E-state index contributed by atoms with van der Waals surface area (Å²) in [6, 6.07) is 6.09. The average molecular weight is 391 g/mol. The molecule has 0 radical (unpaired) electrons. The molecule has 0 saturated heterocycles. The molecule has 27 heavy (non-hydrogen) atoms. The Hall–Kier alpha value is -2.93. The summed E-state index contributed by atoms with van der Waals surface area (Å²) in [6.07, 6.45) is 3.08. The number of hydroxylamine groups is 3. The maximum absolute atomic E-state index is 12.2. The van der Waals surface area contributed by atoms with Gasteiger partial charge in [-0.2, -0.15) is 5.26 Å². The predicted octanol–water partition coefficient (Wildman–Crippen LogP) is 2.99. The number of nitrogens with one attached hydrogen (secondary N) is 2. The molecule has 10 heteroatoms. The predicted molar refractivity (Wildman–Crippen MR) is 101 cm³/mol. The van der Waals surface area contributed by atoms with Crippen molar-refractivity contribution in [1.82, 2.24) is 9.97 Å². The molecule has 2 rings (SSSR count). The molecule has 1 aromatic carbocycles. The van der Waals surface area contributed by atoms with Crippen molar-refractivity contribution in [3.63, 3.8) is 0 Å². The van der Waals surface area contributed by atoms with Crippen molar-refractivity contribution in [2.45, 2.75) is 6.42 Å². The maximum atomic E-state index is 12.2. The van der Waals surface area contributed by atoms with Gasteiger partial charge in [0.25, 0.3) is 0 Å². The van der Waals surface area contributed by atoms with E-state index >= 15 is 0 Å². The highest BCUT2D eigenvalue weighted by Gasteiger charge is 2.11. The average Bonchev–Trinajstić information content (AvgIpc) is 2.60. The van der Waals surface area contributed by atoms with Gasteiger partial charge in [0.15, 0.2) is 11.5 Å². The van der Waals surface area contributed by atoms with Crippen LogP contribution < -0.4 is 15.4 Å². The Morgan fingerprint density at radius 3 is 2.74 bits per heavy atom. The van der Waals surface area contributed by atoms with Gasteiger partial charge in [0, 0.05) is 11.4 Å². The zero-order valence-electron chi connectivity index (χ0n) is 14.9. The van der Waals surface area contributed by atoms with Crippen LogP contribution in [0.25, 0.3) is 0 Å². The zero-order valence-corrected chi connectivity index (χ0v) is 15.7. The van der Waals surface area contributed by atoms with Crippen LogP contribution in [0.2, 0.25) is 5.02 Å². The SMILES string of the molecule is C[N+](C)([O-])CCCOc1ccc(Cl)cc1NC(=O)Nc1cnc(C#N)cn1. The molecular weight excluding hydrogens is 372 g/mol. The van der Waals surface area contributed by atoms with Crippen LogP contribution in [-0.2, 0) is 0 Å². The Labute approximate surface area is 161 Å². The standard InChI is InChI=1S/C17H19ClN6O3/c1-24(2,26)6-3-7-27-15-5-4-12(18)8-14(15)22-17(25)23-16-11-20-13(9-19)10-21-16/h4-5,8,10-11H,3,6-7H2,1-2H3,(H2,21,22,23,25). The summed E-state index contributed by atoms with van der Waals surface area (Å²) in [5.74, 6) is 0.614. The van der Waals surface area contributed by atoms with E-state index in [4.69, 9.17) is 21.6 Å². The van der Waals surface area contributed by atoms with Crippen LogP contribution in [-0.4, -0.2) is 47.9 Å². The first-order chi connectivity index (χ1) is 12.8. The number of nitriles is 1. The van der Waals surface area contributed by atoms with Crippen molar-refractivity contribution >= 4 is 29.1 Å². The van der Waals surface area contributed by atoms with Gasteiger partial charge in [0.2, 0.25) is 0 Å². The second-order valence-electron chi connectivity index (χ2n) is 6.12. The first-order valence-electron chi connectivity index (χ1n) is 8.03. The molecule has 0 bridgehead atoms. The van der Waals surface area contributed by atoms with E-state index in [2.05, 4.69) is 20.6 Å². The van der Waals surface area contributed by atoms with Crippen LogP contribution in [0.4, 0.5) is 16.3 Å². The van der Waals surface area contributed by atoms with Crippen molar-refractivity contribution in [1.29, 1.82) is 5.26 Å². The lowest BCUT2D eigenvalue weighted by atomic mass is 10.3. The van der Waals surface area contributed by atoms with Crippen molar-refractivity contribution < 1.29 is 14.2 Å². The number of quaternary nitrogens is 1. The van der Waals surface area contributed by atoms with E-state index in [0.29, 0.717) is 36.0 Å². The van der Waals surface area contributed by atoms with E-state index in [9.17, 15) is 10.0 Å². The first-order valence-corrected chi connectivity index (χ1v) is 8.41. The molecule has 2 aromatic rings. The molecule has 0 aliphatic rings. The number of anilines is 2. The van der Waals surface area contributed by atoms with E-state index in [0.717, 1.165) is 0 Å². The first kappa shape index (κ1) is 20.4. The van der Waals surface area contributed by atoms with Gasteiger partial charge < -0.3 is 19.9 Å². The molecule has 0 spiro atoms.